The summed E-state index contributed by atoms with van der Waals surface area (Å²) in [6.45, 7) is 4.10. The Hall–Kier alpha value is -2.59. The molecule has 0 spiro atoms. The van der Waals surface area contributed by atoms with Crippen molar-refractivity contribution in [2.45, 2.75) is 32.4 Å². The summed E-state index contributed by atoms with van der Waals surface area (Å²) in [4.78, 5) is 17.0. The number of hydrogen-bond acceptors (Lipinski definition) is 2. The van der Waals surface area contributed by atoms with Crippen molar-refractivity contribution in [2.75, 3.05) is 0 Å². The van der Waals surface area contributed by atoms with E-state index in [2.05, 4.69) is 17.2 Å². The van der Waals surface area contributed by atoms with Gasteiger partial charge in [0.05, 0.1) is 6.04 Å². The number of aromatic nitrogens is 1. The molecule has 158 valence electrons. The number of ketones is 1. The highest BCUT2D eigenvalue weighted by Crippen LogP contribution is 2.28. The van der Waals surface area contributed by atoms with Crippen molar-refractivity contribution >= 4 is 39.9 Å². The first-order chi connectivity index (χ1) is 14.9. The van der Waals surface area contributed by atoms with Gasteiger partial charge in [-0.3, -0.25) is 4.79 Å². The van der Waals surface area contributed by atoms with Gasteiger partial charge in [0.2, 0.25) is 0 Å². The Balaban J connectivity index is 1.64. The Bertz CT molecular complexity index is 1220. The highest BCUT2D eigenvalue weighted by atomic mass is 35.5. The van der Waals surface area contributed by atoms with Gasteiger partial charge in [-0.15, -0.1) is 0 Å². The van der Waals surface area contributed by atoms with Crippen LogP contribution in [-0.4, -0.2) is 16.8 Å². The third kappa shape index (κ3) is 4.69. The number of rotatable bonds is 7. The molecule has 0 aliphatic heterocycles. The highest BCUT2D eigenvalue weighted by molar-refractivity contribution is 6.35. The lowest BCUT2D eigenvalue weighted by Gasteiger charge is -2.23. The molecular formula is C26H24Cl2N2O. The van der Waals surface area contributed by atoms with E-state index in [0.717, 1.165) is 27.6 Å². The van der Waals surface area contributed by atoms with Crippen molar-refractivity contribution < 1.29 is 4.79 Å². The Morgan fingerprint density at radius 2 is 1.81 bits per heavy atom. The number of hydrogen-bond donors (Lipinski definition) is 2. The van der Waals surface area contributed by atoms with E-state index >= 15 is 0 Å². The number of para-hydroxylation sites is 1. The Labute approximate surface area is 192 Å². The fourth-order valence-electron chi connectivity index (χ4n) is 3.99. The van der Waals surface area contributed by atoms with Crippen LogP contribution in [0.3, 0.4) is 0 Å². The average molecular weight is 451 g/mol. The largest absolute Gasteiger partial charge is 0.360 e. The minimum atomic E-state index is -0.471. The Kier molecular flexibility index (Phi) is 6.47. The molecule has 0 unspecified atom stereocenters. The standard InChI is InChI=1S/C26H24Cl2N2O/c1-16-7-6-10-21-22(15-29-24(16)21)26(31)25(18-8-4-3-5-9-18)30-17(2)13-19-11-12-20(27)14-23(19)28/h3-12,14-15,17,25,29-30H,13H2,1-2H3/t17-,25+/m0/s1. The van der Waals surface area contributed by atoms with E-state index in [1.807, 2.05) is 73.8 Å². The zero-order chi connectivity index (χ0) is 22.0. The van der Waals surface area contributed by atoms with E-state index < -0.39 is 6.04 Å². The minimum absolute atomic E-state index is 0.0137. The van der Waals surface area contributed by atoms with Crippen LogP contribution in [0.15, 0.2) is 72.9 Å². The molecule has 5 heteroatoms. The summed E-state index contributed by atoms with van der Waals surface area (Å²) in [5.74, 6) is 0.0390. The summed E-state index contributed by atoms with van der Waals surface area (Å²) in [6, 6.07) is 20.9. The third-order valence-corrected chi connectivity index (χ3v) is 6.16. The zero-order valence-corrected chi connectivity index (χ0v) is 19.0. The number of fused-ring (bicyclic) bond motifs is 1. The molecule has 3 nitrogen and oxygen atoms in total. The molecule has 1 heterocycles. The van der Waals surface area contributed by atoms with Crippen LogP contribution in [0.4, 0.5) is 0 Å². The second kappa shape index (κ2) is 9.27. The fraction of sp³-hybridized carbons (Fsp3) is 0.192. The minimum Gasteiger partial charge on any atom is -0.360 e. The molecule has 0 amide bonds. The molecule has 0 saturated carbocycles. The van der Waals surface area contributed by atoms with E-state index in [9.17, 15) is 4.79 Å². The molecule has 0 saturated heterocycles. The Morgan fingerprint density at radius 3 is 2.55 bits per heavy atom. The Morgan fingerprint density at radius 1 is 1.03 bits per heavy atom. The molecule has 2 atom stereocenters. The summed E-state index contributed by atoms with van der Waals surface area (Å²) in [6.07, 6.45) is 2.50. The van der Waals surface area contributed by atoms with Gasteiger partial charge < -0.3 is 10.3 Å². The van der Waals surface area contributed by atoms with Crippen molar-refractivity contribution in [3.8, 4) is 0 Å². The molecule has 1 aromatic heterocycles. The molecule has 4 rings (SSSR count). The van der Waals surface area contributed by atoms with Crippen LogP contribution in [0.5, 0.6) is 0 Å². The lowest BCUT2D eigenvalue weighted by atomic mass is 9.95. The fourth-order valence-corrected chi connectivity index (χ4v) is 4.48. The first-order valence-electron chi connectivity index (χ1n) is 10.3. The second-order valence-electron chi connectivity index (χ2n) is 7.92. The maximum Gasteiger partial charge on any atom is 0.186 e. The smallest absolute Gasteiger partial charge is 0.186 e. The highest BCUT2D eigenvalue weighted by Gasteiger charge is 2.26. The van der Waals surface area contributed by atoms with E-state index in [1.165, 1.54) is 0 Å². The topological polar surface area (TPSA) is 44.9 Å². The molecule has 3 aromatic carbocycles. The van der Waals surface area contributed by atoms with Crippen LogP contribution in [0.2, 0.25) is 10.0 Å². The lowest BCUT2D eigenvalue weighted by molar-refractivity contribution is 0.0938. The summed E-state index contributed by atoms with van der Waals surface area (Å²) in [5, 5.41) is 5.73. The number of benzene rings is 3. The van der Waals surface area contributed by atoms with Crippen molar-refractivity contribution in [3.05, 3.63) is 105 Å². The van der Waals surface area contributed by atoms with Gasteiger partial charge in [0.15, 0.2) is 5.78 Å². The number of carbonyl (C=O) groups is 1. The van der Waals surface area contributed by atoms with E-state index in [1.54, 1.807) is 6.07 Å². The molecule has 0 aliphatic carbocycles. The number of aromatic amines is 1. The van der Waals surface area contributed by atoms with Gasteiger partial charge in [-0.1, -0.05) is 77.8 Å². The maximum absolute atomic E-state index is 13.7. The number of nitrogens with one attached hydrogen (secondary N) is 2. The summed E-state index contributed by atoms with van der Waals surface area (Å²) in [7, 11) is 0. The summed E-state index contributed by atoms with van der Waals surface area (Å²) < 4.78 is 0. The van der Waals surface area contributed by atoms with E-state index in [4.69, 9.17) is 23.2 Å². The van der Waals surface area contributed by atoms with Crippen LogP contribution in [0.1, 0.15) is 40.0 Å². The van der Waals surface area contributed by atoms with Gasteiger partial charge in [-0.2, -0.15) is 0 Å². The molecular weight excluding hydrogens is 427 g/mol. The number of aryl methyl sites for hydroxylation is 1. The van der Waals surface area contributed by atoms with Crippen molar-refractivity contribution in [1.29, 1.82) is 0 Å². The van der Waals surface area contributed by atoms with Crippen LogP contribution in [0.25, 0.3) is 10.9 Å². The predicted molar refractivity (Wildman–Crippen MR) is 129 cm³/mol. The van der Waals surface area contributed by atoms with Crippen LogP contribution in [-0.2, 0) is 6.42 Å². The first-order valence-corrected chi connectivity index (χ1v) is 11.1. The normalized spacial score (nSPS) is 13.3. The molecule has 0 bridgehead atoms. The first kappa shape index (κ1) is 21.6. The predicted octanol–water partition coefficient (Wildman–Crippen LogP) is 6.93. The van der Waals surface area contributed by atoms with Crippen molar-refractivity contribution in [2.24, 2.45) is 0 Å². The second-order valence-corrected chi connectivity index (χ2v) is 8.76. The third-order valence-electron chi connectivity index (χ3n) is 5.58. The molecule has 0 radical (unpaired) electrons. The van der Waals surface area contributed by atoms with Crippen molar-refractivity contribution in [1.82, 2.24) is 10.3 Å². The summed E-state index contributed by atoms with van der Waals surface area (Å²) >= 11 is 12.4. The molecule has 31 heavy (non-hydrogen) atoms. The number of H-pyrrole nitrogens is 1. The number of Topliss-reactive ketones (excluding diaryl/α,β-unsaturated/α-hetero) is 1. The van der Waals surface area contributed by atoms with Crippen molar-refractivity contribution in [3.63, 3.8) is 0 Å². The molecule has 0 aliphatic rings. The van der Waals surface area contributed by atoms with Crippen LogP contribution < -0.4 is 5.32 Å². The maximum atomic E-state index is 13.7. The summed E-state index contributed by atoms with van der Waals surface area (Å²) in [5.41, 5.74) is 4.73. The molecule has 2 N–H and O–H groups in total. The average Bonchev–Trinajstić information content (AvgIpc) is 3.20. The zero-order valence-electron chi connectivity index (χ0n) is 17.5. The van der Waals surface area contributed by atoms with Gasteiger partial charge in [-0.25, -0.2) is 0 Å². The molecule has 4 aromatic rings. The van der Waals surface area contributed by atoms with Crippen LogP contribution in [0, 0.1) is 6.92 Å². The van der Waals surface area contributed by atoms with E-state index in [0.29, 0.717) is 22.0 Å². The molecule has 0 fully saturated rings. The van der Waals surface area contributed by atoms with Gasteiger partial charge in [0.1, 0.15) is 0 Å². The number of carbonyl (C=O) groups excluding carboxylic acids is 1. The quantitative estimate of drug-likeness (QED) is 0.299. The SMILES string of the molecule is Cc1cccc2c(C(=O)[C@H](N[C@@H](C)Cc3ccc(Cl)cc3Cl)c3ccccc3)c[nH]c12. The van der Waals surface area contributed by atoms with Gasteiger partial charge in [0, 0.05) is 38.8 Å². The van der Waals surface area contributed by atoms with E-state index in [-0.39, 0.29) is 11.8 Å². The number of halogens is 2. The monoisotopic (exact) mass is 450 g/mol. The lowest BCUT2D eigenvalue weighted by Crippen LogP contribution is -2.36. The van der Waals surface area contributed by atoms with Gasteiger partial charge >= 0.3 is 0 Å². The van der Waals surface area contributed by atoms with Gasteiger partial charge in [-0.05, 0) is 49.1 Å². The van der Waals surface area contributed by atoms with Gasteiger partial charge in [0.25, 0.3) is 0 Å². The van der Waals surface area contributed by atoms with Crippen LogP contribution >= 0.6 is 23.2 Å².